The van der Waals surface area contributed by atoms with E-state index >= 15 is 0 Å². The summed E-state index contributed by atoms with van der Waals surface area (Å²) in [5.74, 6) is -0.232. The average Bonchev–Trinajstić information content (AvgIpc) is 2.61. The number of piperazine rings is 1. The Labute approximate surface area is 155 Å². The van der Waals surface area contributed by atoms with Crippen LogP contribution in [0.1, 0.15) is 24.2 Å². The number of nitrogens with zero attached hydrogens (tertiary/aromatic N) is 3. The number of benzene rings is 1. The topological polar surface area (TPSA) is 95.1 Å². The highest BCUT2D eigenvalue weighted by Gasteiger charge is 2.27. The smallest absolute Gasteiger partial charge is 0.253 e. The van der Waals surface area contributed by atoms with Crippen LogP contribution in [0.3, 0.4) is 0 Å². The molecule has 0 radical (unpaired) electrons. The molecule has 1 heterocycles. The standard InChI is InChI=1S/C16H25N3O5S2/c1-4-18(5-2)26(23,24)15-8-6-14(7-9-15)16(20)17-10-12-19(13-11-17)25(3,21)22/h6-9H,4-5,10-13H2,1-3H3. The van der Waals surface area contributed by atoms with E-state index in [0.29, 0.717) is 31.7 Å². The first kappa shape index (κ1) is 20.8. The van der Waals surface area contributed by atoms with E-state index in [-0.39, 0.29) is 23.9 Å². The van der Waals surface area contributed by atoms with E-state index in [2.05, 4.69) is 0 Å². The molecule has 0 atom stereocenters. The van der Waals surface area contributed by atoms with Gasteiger partial charge in [0.15, 0.2) is 0 Å². The van der Waals surface area contributed by atoms with Crippen molar-refractivity contribution in [3.63, 3.8) is 0 Å². The maximum absolute atomic E-state index is 12.6. The van der Waals surface area contributed by atoms with Crippen LogP contribution in [-0.2, 0) is 20.0 Å². The van der Waals surface area contributed by atoms with Gasteiger partial charge in [0.25, 0.3) is 5.91 Å². The van der Waals surface area contributed by atoms with E-state index in [4.69, 9.17) is 0 Å². The molecular formula is C16H25N3O5S2. The monoisotopic (exact) mass is 403 g/mol. The van der Waals surface area contributed by atoms with Crippen LogP contribution in [0.2, 0.25) is 0 Å². The van der Waals surface area contributed by atoms with Crippen molar-refractivity contribution in [2.24, 2.45) is 0 Å². The Morgan fingerprint density at radius 2 is 1.46 bits per heavy atom. The lowest BCUT2D eigenvalue weighted by Crippen LogP contribution is -2.50. The summed E-state index contributed by atoms with van der Waals surface area (Å²) in [7, 11) is -6.81. The summed E-state index contributed by atoms with van der Waals surface area (Å²) in [6.45, 7) is 5.45. The van der Waals surface area contributed by atoms with Crippen LogP contribution < -0.4 is 0 Å². The van der Waals surface area contributed by atoms with Gasteiger partial charge in [0.2, 0.25) is 20.0 Å². The van der Waals surface area contributed by atoms with E-state index in [1.54, 1.807) is 18.7 Å². The molecule has 1 aliphatic heterocycles. The van der Waals surface area contributed by atoms with Gasteiger partial charge in [-0.1, -0.05) is 13.8 Å². The van der Waals surface area contributed by atoms with Crippen molar-refractivity contribution in [1.29, 1.82) is 0 Å². The number of amides is 1. The minimum atomic E-state index is -3.56. The summed E-state index contributed by atoms with van der Waals surface area (Å²) < 4.78 is 50.7. The second kappa shape index (κ2) is 8.03. The number of rotatable bonds is 6. The third-order valence-corrected chi connectivity index (χ3v) is 7.81. The zero-order chi connectivity index (χ0) is 19.5. The fraction of sp³-hybridized carbons (Fsp3) is 0.562. The first-order valence-electron chi connectivity index (χ1n) is 8.45. The summed E-state index contributed by atoms with van der Waals surface area (Å²) in [5.41, 5.74) is 0.385. The van der Waals surface area contributed by atoms with E-state index in [1.807, 2.05) is 0 Å². The van der Waals surface area contributed by atoms with E-state index in [0.717, 1.165) is 6.26 Å². The van der Waals surface area contributed by atoms with Crippen LogP contribution in [0.25, 0.3) is 0 Å². The lowest BCUT2D eigenvalue weighted by atomic mass is 10.2. The summed E-state index contributed by atoms with van der Waals surface area (Å²) in [6, 6.07) is 5.88. The average molecular weight is 404 g/mol. The zero-order valence-electron chi connectivity index (χ0n) is 15.3. The molecule has 1 aromatic rings. The Hall–Kier alpha value is -1.49. The zero-order valence-corrected chi connectivity index (χ0v) is 16.9. The van der Waals surface area contributed by atoms with Crippen molar-refractivity contribution in [3.05, 3.63) is 29.8 Å². The molecule has 10 heteroatoms. The van der Waals surface area contributed by atoms with Gasteiger partial charge in [-0.15, -0.1) is 0 Å². The van der Waals surface area contributed by atoms with Gasteiger partial charge in [-0.25, -0.2) is 16.8 Å². The molecule has 0 spiro atoms. The van der Waals surface area contributed by atoms with Gasteiger partial charge in [0.1, 0.15) is 0 Å². The summed E-state index contributed by atoms with van der Waals surface area (Å²) >= 11 is 0. The van der Waals surface area contributed by atoms with Crippen LogP contribution in [0, 0.1) is 0 Å². The lowest BCUT2D eigenvalue weighted by Gasteiger charge is -2.33. The molecule has 0 N–H and O–H groups in total. The van der Waals surface area contributed by atoms with Crippen molar-refractivity contribution < 1.29 is 21.6 Å². The van der Waals surface area contributed by atoms with E-state index in [9.17, 15) is 21.6 Å². The SMILES string of the molecule is CCN(CC)S(=O)(=O)c1ccc(C(=O)N2CCN(S(C)(=O)=O)CC2)cc1. The minimum Gasteiger partial charge on any atom is -0.336 e. The maximum atomic E-state index is 12.6. The molecule has 0 aliphatic carbocycles. The molecule has 1 aromatic carbocycles. The Balaban J connectivity index is 2.10. The number of hydrogen-bond acceptors (Lipinski definition) is 5. The number of carbonyl (C=O) groups excluding carboxylic acids is 1. The molecule has 8 nitrogen and oxygen atoms in total. The van der Waals surface area contributed by atoms with Gasteiger partial charge >= 0.3 is 0 Å². The Morgan fingerprint density at radius 3 is 1.88 bits per heavy atom. The van der Waals surface area contributed by atoms with Gasteiger partial charge in [-0.05, 0) is 24.3 Å². The molecule has 0 aromatic heterocycles. The van der Waals surface area contributed by atoms with Crippen LogP contribution in [0.15, 0.2) is 29.2 Å². The van der Waals surface area contributed by atoms with Crippen LogP contribution in [0.4, 0.5) is 0 Å². The minimum absolute atomic E-state index is 0.152. The highest BCUT2D eigenvalue weighted by Crippen LogP contribution is 2.18. The van der Waals surface area contributed by atoms with Gasteiger partial charge < -0.3 is 4.90 Å². The maximum Gasteiger partial charge on any atom is 0.253 e. The summed E-state index contributed by atoms with van der Waals surface area (Å²) in [4.78, 5) is 14.3. The van der Waals surface area contributed by atoms with Crippen LogP contribution >= 0.6 is 0 Å². The number of sulfonamides is 2. The van der Waals surface area contributed by atoms with Crippen LogP contribution in [0.5, 0.6) is 0 Å². The van der Waals surface area contributed by atoms with Crippen molar-refractivity contribution in [2.75, 3.05) is 45.5 Å². The van der Waals surface area contributed by atoms with Crippen molar-refractivity contribution >= 4 is 26.0 Å². The first-order valence-corrected chi connectivity index (χ1v) is 11.7. The Kier molecular flexibility index (Phi) is 6.43. The highest BCUT2D eigenvalue weighted by molar-refractivity contribution is 7.89. The normalized spacial score (nSPS) is 16.8. The predicted molar refractivity (Wildman–Crippen MR) is 98.9 cm³/mol. The number of hydrogen-bond donors (Lipinski definition) is 0. The van der Waals surface area contributed by atoms with Crippen LogP contribution in [-0.4, -0.2) is 81.8 Å². The Bertz CT molecular complexity index is 838. The predicted octanol–water partition coefficient (Wildman–Crippen LogP) is 0.435. The van der Waals surface area contributed by atoms with E-state index < -0.39 is 20.0 Å². The van der Waals surface area contributed by atoms with Crippen molar-refractivity contribution in [3.8, 4) is 0 Å². The fourth-order valence-corrected chi connectivity index (χ4v) is 5.17. The molecule has 0 unspecified atom stereocenters. The van der Waals surface area contributed by atoms with Gasteiger partial charge in [0.05, 0.1) is 11.2 Å². The summed E-state index contributed by atoms with van der Waals surface area (Å²) in [5, 5.41) is 0. The van der Waals surface area contributed by atoms with Crippen molar-refractivity contribution in [1.82, 2.24) is 13.5 Å². The highest BCUT2D eigenvalue weighted by atomic mass is 32.2. The third kappa shape index (κ3) is 4.43. The van der Waals surface area contributed by atoms with Gasteiger partial charge in [-0.3, -0.25) is 4.79 Å². The second-order valence-electron chi connectivity index (χ2n) is 6.07. The Morgan fingerprint density at radius 1 is 0.962 bits per heavy atom. The molecule has 1 fully saturated rings. The van der Waals surface area contributed by atoms with E-state index in [1.165, 1.54) is 32.9 Å². The molecule has 1 aliphatic rings. The molecule has 2 rings (SSSR count). The first-order chi connectivity index (χ1) is 12.1. The quantitative estimate of drug-likeness (QED) is 0.687. The molecule has 1 amide bonds. The van der Waals surface area contributed by atoms with Gasteiger partial charge in [-0.2, -0.15) is 8.61 Å². The third-order valence-electron chi connectivity index (χ3n) is 4.44. The molecule has 0 bridgehead atoms. The van der Waals surface area contributed by atoms with Crippen molar-refractivity contribution in [2.45, 2.75) is 18.7 Å². The lowest BCUT2D eigenvalue weighted by molar-refractivity contribution is 0.0698. The second-order valence-corrected chi connectivity index (χ2v) is 9.99. The van der Waals surface area contributed by atoms with Gasteiger partial charge in [0, 0.05) is 44.8 Å². The molecule has 1 saturated heterocycles. The molecule has 146 valence electrons. The number of carbonyl (C=O) groups is 1. The summed E-state index contributed by atoms with van der Waals surface area (Å²) in [6.07, 6.45) is 1.15. The molecule has 26 heavy (non-hydrogen) atoms. The largest absolute Gasteiger partial charge is 0.336 e. The fourth-order valence-electron chi connectivity index (χ4n) is 2.89. The molecule has 0 saturated carbocycles. The molecular weight excluding hydrogens is 378 g/mol.